The molecule has 1 saturated heterocycles. The highest BCUT2D eigenvalue weighted by molar-refractivity contribution is 6.31. The number of halogens is 1. The number of nitrogens with one attached hydrogen (secondary N) is 1. The zero-order valence-corrected chi connectivity index (χ0v) is 12.0. The van der Waals surface area contributed by atoms with Gasteiger partial charge in [0.05, 0.1) is 31.2 Å². The summed E-state index contributed by atoms with van der Waals surface area (Å²) in [7, 11) is 0. The third-order valence-electron chi connectivity index (χ3n) is 3.21. The molecule has 0 bridgehead atoms. The number of carbonyl (C=O) groups is 1. The molecule has 1 aliphatic heterocycles. The molecule has 0 spiro atoms. The molecule has 1 N–H and O–H groups in total. The van der Waals surface area contributed by atoms with Gasteiger partial charge in [0, 0.05) is 17.4 Å². The Balaban J connectivity index is 1.83. The van der Waals surface area contributed by atoms with Gasteiger partial charge < -0.3 is 19.4 Å². The van der Waals surface area contributed by atoms with Crippen LogP contribution in [0, 0.1) is 0 Å². The predicted molar refractivity (Wildman–Crippen MR) is 80.0 cm³/mol. The molecule has 1 atom stereocenters. The standard InChI is InChI=1S/C15H15ClN2O3/c16-11-3-4-12(13(9-11)18-5-1-2-6-18)17-15(19)14-10-20-7-8-21-14/h1-6,9,14H,7-8,10H2,(H,17,19)/t14-/m0/s1. The number of aromatic nitrogens is 1. The number of anilines is 1. The second kappa shape index (κ2) is 6.30. The Morgan fingerprint density at radius 1 is 1.29 bits per heavy atom. The monoisotopic (exact) mass is 306 g/mol. The first-order valence-electron chi connectivity index (χ1n) is 6.67. The minimum Gasteiger partial charge on any atom is -0.376 e. The average molecular weight is 307 g/mol. The highest BCUT2D eigenvalue weighted by atomic mass is 35.5. The fraction of sp³-hybridized carbons (Fsp3) is 0.267. The molecule has 6 heteroatoms. The molecule has 0 saturated carbocycles. The fourth-order valence-electron chi connectivity index (χ4n) is 2.17. The molecular formula is C15H15ClN2O3. The Labute approximate surface area is 127 Å². The fourth-order valence-corrected chi connectivity index (χ4v) is 2.34. The van der Waals surface area contributed by atoms with Gasteiger partial charge in [0.2, 0.25) is 0 Å². The van der Waals surface area contributed by atoms with Crippen LogP contribution in [0.15, 0.2) is 42.7 Å². The summed E-state index contributed by atoms with van der Waals surface area (Å²) in [4.78, 5) is 12.2. The van der Waals surface area contributed by atoms with Crippen molar-refractivity contribution in [1.82, 2.24) is 4.57 Å². The van der Waals surface area contributed by atoms with Crippen molar-refractivity contribution < 1.29 is 14.3 Å². The highest BCUT2D eigenvalue weighted by Crippen LogP contribution is 2.25. The van der Waals surface area contributed by atoms with Crippen LogP contribution in [0.5, 0.6) is 0 Å². The van der Waals surface area contributed by atoms with Gasteiger partial charge in [-0.1, -0.05) is 11.6 Å². The molecule has 2 heterocycles. The van der Waals surface area contributed by atoms with Gasteiger partial charge in [-0.2, -0.15) is 0 Å². The Morgan fingerprint density at radius 2 is 2.10 bits per heavy atom. The van der Waals surface area contributed by atoms with Crippen LogP contribution in [0.4, 0.5) is 5.69 Å². The third kappa shape index (κ3) is 3.26. The van der Waals surface area contributed by atoms with E-state index in [-0.39, 0.29) is 12.5 Å². The second-order valence-corrected chi connectivity index (χ2v) is 5.11. The Hall–Kier alpha value is -1.82. The van der Waals surface area contributed by atoms with E-state index in [9.17, 15) is 4.79 Å². The molecule has 2 aromatic rings. The van der Waals surface area contributed by atoms with E-state index in [2.05, 4.69) is 5.32 Å². The summed E-state index contributed by atoms with van der Waals surface area (Å²) in [5, 5.41) is 3.48. The minimum absolute atomic E-state index is 0.217. The van der Waals surface area contributed by atoms with Crippen molar-refractivity contribution in [3.05, 3.63) is 47.7 Å². The molecule has 0 unspecified atom stereocenters. The van der Waals surface area contributed by atoms with E-state index in [4.69, 9.17) is 21.1 Å². The van der Waals surface area contributed by atoms with E-state index in [0.717, 1.165) is 5.69 Å². The molecular weight excluding hydrogens is 292 g/mol. The first-order valence-corrected chi connectivity index (χ1v) is 7.05. The number of hydrogen-bond acceptors (Lipinski definition) is 3. The van der Waals surface area contributed by atoms with Gasteiger partial charge in [0.25, 0.3) is 5.91 Å². The van der Waals surface area contributed by atoms with Gasteiger partial charge in [-0.3, -0.25) is 4.79 Å². The molecule has 1 aliphatic rings. The summed E-state index contributed by atoms with van der Waals surface area (Å²) in [6, 6.07) is 9.13. The van der Waals surface area contributed by atoms with Crippen LogP contribution in [0.1, 0.15) is 0 Å². The summed E-state index contributed by atoms with van der Waals surface area (Å²) in [6.07, 6.45) is 3.20. The second-order valence-electron chi connectivity index (χ2n) is 4.68. The number of carbonyl (C=O) groups excluding carboxylic acids is 1. The topological polar surface area (TPSA) is 52.5 Å². The smallest absolute Gasteiger partial charge is 0.255 e. The van der Waals surface area contributed by atoms with E-state index in [1.807, 2.05) is 29.1 Å². The van der Waals surface area contributed by atoms with E-state index in [1.165, 1.54) is 0 Å². The van der Waals surface area contributed by atoms with Gasteiger partial charge in [0.1, 0.15) is 0 Å². The lowest BCUT2D eigenvalue weighted by Gasteiger charge is -2.22. The largest absolute Gasteiger partial charge is 0.376 e. The van der Waals surface area contributed by atoms with Crippen LogP contribution in [-0.4, -0.2) is 36.4 Å². The quantitative estimate of drug-likeness (QED) is 0.948. The molecule has 110 valence electrons. The number of hydrogen-bond donors (Lipinski definition) is 1. The average Bonchev–Trinajstić information content (AvgIpc) is 3.04. The number of rotatable bonds is 3. The molecule has 5 nitrogen and oxygen atoms in total. The highest BCUT2D eigenvalue weighted by Gasteiger charge is 2.23. The summed E-state index contributed by atoms with van der Waals surface area (Å²) in [5.41, 5.74) is 1.48. The van der Waals surface area contributed by atoms with E-state index >= 15 is 0 Å². The van der Waals surface area contributed by atoms with Crippen LogP contribution >= 0.6 is 11.6 Å². The Kier molecular flexibility index (Phi) is 4.24. The molecule has 0 aliphatic carbocycles. The number of ether oxygens (including phenoxy) is 2. The molecule has 0 radical (unpaired) electrons. The molecule has 1 amide bonds. The zero-order chi connectivity index (χ0) is 14.7. The maximum atomic E-state index is 12.2. The maximum Gasteiger partial charge on any atom is 0.255 e. The number of nitrogens with zero attached hydrogens (tertiary/aromatic N) is 1. The van der Waals surface area contributed by atoms with Crippen molar-refractivity contribution in [3.63, 3.8) is 0 Å². The van der Waals surface area contributed by atoms with Gasteiger partial charge in [0.15, 0.2) is 6.10 Å². The summed E-state index contributed by atoms with van der Waals surface area (Å²) in [6.45, 7) is 1.24. The summed E-state index contributed by atoms with van der Waals surface area (Å²) < 4.78 is 12.5. The molecule has 21 heavy (non-hydrogen) atoms. The first kappa shape index (κ1) is 14.1. The number of benzene rings is 1. The van der Waals surface area contributed by atoms with Crippen molar-refractivity contribution in [2.24, 2.45) is 0 Å². The van der Waals surface area contributed by atoms with Crippen molar-refractivity contribution in [2.45, 2.75) is 6.10 Å². The predicted octanol–water partition coefficient (Wildman–Crippen LogP) is 2.48. The van der Waals surface area contributed by atoms with Gasteiger partial charge in [-0.05, 0) is 30.3 Å². The maximum absolute atomic E-state index is 12.2. The SMILES string of the molecule is O=C(Nc1ccc(Cl)cc1-n1cccc1)[C@@H]1COCCO1. The first-order chi connectivity index (χ1) is 10.2. The number of amides is 1. The summed E-state index contributed by atoms with van der Waals surface area (Å²) in [5.74, 6) is -0.217. The van der Waals surface area contributed by atoms with Crippen LogP contribution in [-0.2, 0) is 14.3 Å². The lowest BCUT2D eigenvalue weighted by Crippen LogP contribution is -2.39. The van der Waals surface area contributed by atoms with E-state index in [1.54, 1.807) is 18.2 Å². The van der Waals surface area contributed by atoms with E-state index < -0.39 is 6.10 Å². The van der Waals surface area contributed by atoms with Crippen molar-refractivity contribution in [1.29, 1.82) is 0 Å². The van der Waals surface area contributed by atoms with Gasteiger partial charge in [-0.15, -0.1) is 0 Å². The van der Waals surface area contributed by atoms with Crippen LogP contribution < -0.4 is 5.32 Å². The van der Waals surface area contributed by atoms with Gasteiger partial charge in [-0.25, -0.2) is 0 Å². The third-order valence-corrected chi connectivity index (χ3v) is 3.44. The van der Waals surface area contributed by atoms with Crippen LogP contribution in [0.3, 0.4) is 0 Å². The van der Waals surface area contributed by atoms with Crippen LogP contribution in [0.2, 0.25) is 5.02 Å². The lowest BCUT2D eigenvalue weighted by molar-refractivity contribution is -0.142. The Bertz CT molecular complexity index is 622. The van der Waals surface area contributed by atoms with Crippen molar-refractivity contribution >= 4 is 23.2 Å². The van der Waals surface area contributed by atoms with Crippen molar-refractivity contribution in [2.75, 3.05) is 25.1 Å². The molecule has 1 fully saturated rings. The van der Waals surface area contributed by atoms with Crippen LogP contribution in [0.25, 0.3) is 5.69 Å². The Morgan fingerprint density at radius 3 is 2.81 bits per heavy atom. The molecule has 1 aromatic carbocycles. The molecule has 3 rings (SSSR count). The lowest BCUT2D eigenvalue weighted by atomic mass is 10.2. The van der Waals surface area contributed by atoms with Crippen molar-refractivity contribution in [3.8, 4) is 5.69 Å². The summed E-state index contributed by atoms with van der Waals surface area (Å²) >= 11 is 6.05. The van der Waals surface area contributed by atoms with Gasteiger partial charge >= 0.3 is 0 Å². The van der Waals surface area contributed by atoms with E-state index in [0.29, 0.717) is 23.9 Å². The minimum atomic E-state index is -0.577. The normalized spacial score (nSPS) is 18.4. The molecule has 1 aromatic heterocycles. The zero-order valence-electron chi connectivity index (χ0n) is 11.3.